The van der Waals surface area contributed by atoms with E-state index in [1.807, 2.05) is 0 Å². The minimum atomic E-state index is -1.00. The van der Waals surface area contributed by atoms with Crippen molar-refractivity contribution in [3.05, 3.63) is 0 Å². The fourth-order valence-electron chi connectivity index (χ4n) is 0.387. The summed E-state index contributed by atoms with van der Waals surface area (Å²) in [4.78, 5) is 19.6. The zero-order chi connectivity index (χ0) is 11.9. The molecule has 84 valence electrons. The topological polar surface area (TPSA) is 77.4 Å². The minimum absolute atomic E-state index is 0.0694. The first kappa shape index (κ1) is 15.4. The zero-order valence-corrected chi connectivity index (χ0v) is 9.40. The largest absolute Gasteiger partial charge is 0.544 e. The Morgan fingerprint density at radius 3 is 1.57 bits per heavy atom. The van der Waals surface area contributed by atoms with Crippen molar-refractivity contribution in [2.24, 2.45) is 5.92 Å². The summed E-state index contributed by atoms with van der Waals surface area (Å²) in [6.07, 6.45) is 0. The van der Waals surface area contributed by atoms with Crippen molar-refractivity contribution in [3.63, 3.8) is 0 Å². The van der Waals surface area contributed by atoms with Crippen LogP contribution in [0.15, 0.2) is 0 Å². The molecule has 0 bridgehead atoms. The first-order valence-corrected chi connectivity index (χ1v) is 4.29. The molecule has 0 saturated carbocycles. The number of hydrogen-bond acceptors (Lipinski definition) is 3. The van der Waals surface area contributed by atoms with E-state index in [-0.39, 0.29) is 12.5 Å². The summed E-state index contributed by atoms with van der Waals surface area (Å²) in [6.45, 7) is 3.35. The lowest BCUT2D eigenvalue weighted by molar-refractivity contribution is -0.864. The van der Waals surface area contributed by atoms with Crippen LogP contribution in [0.3, 0.4) is 0 Å². The van der Waals surface area contributed by atoms with Gasteiger partial charge in [0.25, 0.3) is 0 Å². The Bertz CT molecular complexity index is 193. The predicted octanol–water partition coefficient (Wildman–Crippen LogP) is -0.830. The van der Waals surface area contributed by atoms with Crippen molar-refractivity contribution in [3.8, 4) is 0 Å². The van der Waals surface area contributed by atoms with Crippen molar-refractivity contribution in [2.75, 3.05) is 27.7 Å². The van der Waals surface area contributed by atoms with Crippen LogP contribution < -0.4 is 5.11 Å². The van der Waals surface area contributed by atoms with E-state index in [2.05, 4.69) is 0 Å². The van der Waals surface area contributed by atoms with Gasteiger partial charge in [0.05, 0.1) is 33.0 Å². The quantitative estimate of drug-likeness (QED) is 0.610. The molecule has 0 aromatic heterocycles. The Kier molecular flexibility index (Phi) is 6.99. The van der Waals surface area contributed by atoms with E-state index in [1.54, 1.807) is 35.0 Å². The van der Waals surface area contributed by atoms with Gasteiger partial charge in [-0.05, 0) is 0 Å². The molecule has 0 aliphatic rings. The molecule has 5 nitrogen and oxygen atoms in total. The molecule has 1 N–H and O–H groups in total. The highest BCUT2D eigenvalue weighted by molar-refractivity contribution is 5.68. The molecule has 5 heteroatoms. The van der Waals surface area contributed by atoms with Crippen LogP contribution in [0, 0.1) is 5.92 Å². The highest BCUT2D eigenvalue weighted by Gasteiger charge is 2.04. The van der Waals surface area contributed by atoms with Crippen LogP contribution in [-0.4, -0.2) is 49.2 Å². The molecule has 0 saturated heterocycles. The number of quaternary nitrogens is 1. The summed E-state index contributed by atoms with van der Waals surface area (Å²) < 4.78 is 0.419. The Labute approximate surface area is 84.5 Å². The van der Waals surface area contributed by atoms with E-state index >= 15 is 0 Å². The van der Waals surface area contributed by atoms with Gasteiger partial charge in [-0.15, -0.1) is 0 Å². The van der Waals surface area contributed by atoms with Crippen LogP contribution in [0.5, 0.6) is 0 Å². The third kappa shape index (κ3) is 17.1. The van der Waals surface area contributed by atoms with Crippen LogP contribution >= 0.6 is 0 Å². The maximum atomic E-state index is 9.89. The number of carbonyl (C=O) groups excluding carboxylic acids is 1. The highest BCUT2D eigenvalue weighted by Crippen LogP contribution is 1.87. The molecule has 14 heavy (non-hydrogen) atoms. The Hall–Kier alpha value is -1.10. The number of likely N-dealkylation sites (N-methyl/N-ethyl adjacent to an activating group) is 1. The van der Waals surface area contributed by atoms with E-state index in [0.29, 0.717) is 4.48 Å². The van der Waals surface area contributed by atoms with Crippen LogP contribution in [0.25, 0.3) is 0 Å². The van der Waals surface area contributed by atoms with Gasteiger partial charge in [-0.2, -0.15) is 0 Å². The Balaban J connectivity index is 0. The van der Waals surface area contributed by atoms with E-state index in [9.17, 15) is 14.7 Å². The number of nitrogens with zero attached hydrogens (tertiary/aromatic N) is 1. The lowest BCUT2D eigenvalue weighted by atomic mass is 10.2. The molecular weight excluding hydrogens is 186 g/mol. The summed E-state index contributed by atoms with van der Waals surface area (Å²) in [7, 11) is 5.40. The van der Waals surface area contributed by atoms with Crippen molar-refractivity contribution in [2.45, 2.75) is 13.8 Å². The average molecular weight is 205 g/mol. The maximum absolute atomic E-state index is 9.89. The SMILES string of the molecule is CC(C)C(=O)O.C[N+](C)(C)CC(=O)[O-]. The molecule has 0 aliphatic carbocycles. The first-order chi connectivity index (χ1) is 6.06. The summed E-state index contributed by atoms with van der Waals surface area (Å²) in [5.74, 6) is -1.97. The molecular formula is C9H19NO4. The summed E-state index contributed by atoms with van der Waals surface area (Å²) in [5.41, 5.74) is 0. The third-order valence-electron chi connectivity index (χ3n) is 1.10. The van der Waals surface area contributed by atoms with Gasteiger partial charge >= 0.3 is 5.97 Å². The Morgan fingerprint density at radius 2 is 1.57 bits per heavy atom. The average Bonchev–Trinajstić information content (AvgIpc) is 1.81. The molecule has 0 amide bonds. The van der Waals surface area contributed by atoms with Gasteiger partial charge < -0.3 is 19.5 Å². The number of aliphatic carboxylic acids is 2. The monoisotopic (exact) mass is 205 g/mol. The van der Waals surface area contributed by atoms with Crippen LogP contribution in [0.2, 0.25) is 0 Å². The maximum Gasteiger partial charge on any atom is 0.305 e. The van der Waals surface area contributed by atoms with E-state index in [0.717, 1.165) is 0 Å². The van der Waals surface area contributed by atoms with Crippen molar-refractivity contribution < 1.29 is 24.3 Å². The normalized spacial score (nSPS) is 10.4. The smallest absolute Gasteiger partial charge is 0.305 e. The number of carbonyl (C=O) groups is 2. The van der Waals surface area contributed by atoms with E-state index in [1.165, 1.54) is 0 Å². The second kappa shape index (κ2) is 6.37. The molecule has 0 aliphatic heterocycles. The predicted molar refractivity (Wildman–Crippen MR) is 50.4 cm³/mol. The van der Waals surface area contributed by atoms with Gasteiger partial charge in [0.15, 0.2) is 0 Å². The van der Waals surface area contributed by atoms with Crippen LogP contribution in [-0.2, 0) is 9.59 Å². The van der Waals surface area contributed by atoms with Crippen LogP contribution in [0.1, 0.15) is 13.8 Å². The fraction of sp³-hybridized carbons (Fsp3) is 0.778. The lowest BCUT2D eigenvalue weighted by Gasteiger charge is -2.23. The van der Waals surface area contributed by atoms with Gasteiger partial charge in [-0.25, -0.2) is 0 Å². The van der Waals surface area contributed by atoms with Crippen molar-refractivity contribution >= 4 is 11.9 Å². The molecule has 0 spiro atoms. The van der Waals surface area contributed by atoms with Gasteiger partial charge in [0.1, 0.15) is 6.54 Å². The number of carboxylic acids is 2. The zero-order valence-electron chi connectivity index (χ0n) is 9.40. The molecule has 0 rings (SSSR count). The Morgan fingerprint density at radius 1 is 1.29 bits per heavy atom. The molecule has 0 unspecified atom stereocenters. The molecule has 0 atom stereocenters. The third-order valence-corrected chi connectivity index (χ3v) is 1.10. The summed E-state index contributed by atoms with van der Waals surface area (Å²) in [6, 6.07) is 0. The molecule has 0 radical (unpaired) electrons. The molecule has 0 aromatic carbocycles. The van der Waals surface area contributed by atoms with Crippen molar-refractivity contribution in [1.29, 1.82) is 0 Å². The molecule has 0 aromatic rings. The van der Waals surface area contributed by atoms with Gasteiger partial charge in [-0.1, -0.05) is 13.8 Å². The molecule has 0 fully saturated rings. The summed E-state index contributed by atoms with van der Waals surface area (Å²) in [5, 5.41) is 17.9. The van der Waals surface area contributed by atoms with Gasteiger partial charge in [-0.3, -0.25) is 4.79 Å². The van der Waals surface area contributed by atoms with E-state index < -0.39 is 11.9 Å². The fourth-order valence-corrected chi connectivity index (χ4v) is 0.387. The van der Waals surface area contributed by atoms with Gasteiger partial charge in [0, 0.05) is 0 Å². The molecule has 0 heterocycles. The number of hydrogen-bond donors (Lipinski definition) is 1. The minimum Gasteiger partial charge on any atom is -0.544 e. The van der Waals surface area contributed by atoms with Gasteiger partial charge in [0.2, 0.25) is 0 Å². The van der Waals surface area contributed by atoms with Crippen LogP contribution in [0.4, 0.5) is 0 Å². The van der Waals surface area contributed by atoms with E-state index in [4.69, 9.17) is 5.11 Å². The number of rotatable bonds is 3. The first-order valence-electron chi connectivity index (χ1n) is 4.29. The second-order valence-electron chi connectivity index (χ2n) is 4.31. The second-order valence-corrected chi connectivity index (χ2v) is 4.31. The lowest BCUT2D eigenvalue weighted by Crippen LogP contribution is -2.45. The standard InChI is InChI=1S/C5H11NO2.C4H8O2/c1-6(2,3)4-5(7)8;1-3(2)4(5)6/h4H2,1-3H3;3H,1-2H3,(H,5,6). The number of carboxylic acid groups (broad SMARTS) is 2. The van der Waals surface area contributed by atoms with Crippen molar-refractivity contribution in [1.82, 2.24) is 0 Å². The highest BCUT2D eigenvalue weighted by atomic mass is 16.4. The summed E-state index contributed by atoms with van der Waals surface area (Å²) >= 11 is 0.